The largest absolute Gasteiger partial charge is 0.299 e. The number of hydrogen-bond donors (Lipinski definition) is 0. The molecule has 0 spiro atoms. The smallest absolute Gasteiger partial charge is 0.139 e. The van der Waals surface area contributed by atoms with Gasteiger partial charge in [0.1, 0.15) is 5.78 Å². The maximum absolute atomic E-state index is 11.7. The molecule has 1 heteroatoms. The number of Topliss-reactive ketones (excluding diaryl/α,β-unsaturated/α-hetero) is 1. The van der Waals surface area contributed by atoms with Crippen molar-refractivity contribution in [1.29, 1.82) is 0 Å². The number of rotatable bonds is 3. The predicted octanol–water partition coefficient (Wildman–Crippen LogP) is 5.19. The van der Waals surface area contributed by atoms with Crippen molar-refractivity contribution in [2.75, 3.05) is 0 Å². The third-order valence-electron chi connectivity index (χ3n) is 3.08. The fraction of sp³-hybridized carbons (Fsp3) is 0.350. The summed E-state index contributed by atoms with van der Waals surface area (Å²) in [6.45, 7) is 10.00. The summed E-state index contributed by atoms with van der Waals surface area (Å²) in [5.41, 5.74) is 2.38. The van der Waals surface area contributed by atoms with Crippen molar-refractivity contribution in [2.45, 2.75) is 41.0 Å². The first-order valence-corrected chi connectivity index (χ1v) is 7.41. The fourth-order valence-electron chi connectivity index (χ4n) is 1.93. The Morgan fingerprint density at radius 1 is 1.00 bits per heavy atom. The van der Waals surface area contributed by atoms with E-state index in [1.807, 2.05) is 27.7 Å². The number of terminal acetylenes is 1. The highest BCUT2D eigenvalue weighted by atomic mass is 16.1. The zero-order valence-corrected chi connectivity index (χ0v) is 13.8. The topological polar surface area (TPSA) is 17.1 Å². The number of fused-ring (bicyclic) bond motifs is 1. The van der Waals surface area contributed by atoms with E-state index in [2.05, 4.69) is 56.2 Å². The summed E-state index contributed by atoms with van der Waals surface area (Å²) in [6.07, 6.45) is 8.54. The molecule has 0 saturated heterocycles. The zero-order chi connectivity index (χ0) is 16.4. The van der Waals surface area contributed by atoms with E-state index < -0.39 is 0 Å². The van der Waals surface area contributed by atoms with Crippen LogP contribution in [0.4, 0.5) is 0 Å². The number of hydrogen-bond acceptors (Lipinski definition) is 1. The summed E-state index contributed by atoms with van der Waals surface area (Å²) in [6, 6.07) is 12.7. The lowest BCUT2D eigenvalue weighted by atomic mass is 9.98. The van der Waals surface area contributed by atoms with Crippen LogP contribution in [0, 0.1) is 25.7 Å². The molecule has 2 aromatic rings. The van der Waals surface area contributed by atoms with E-state index in [-0.39, 0.29) is 5.92 Å². The number of ketones is 1. The molecule has 0 aliphatic carbocycles. The van der Waals surface area contributed by atoms with Crippen LogP contribution in [0.25, 0.3) is 10.8 Å². The number of benzene rings is 2. The van der Waals surface area contributed by atoms with Crippen molar-refractivity contribution in [2.24, 2.45) is 5.92 Å². The Hall–Kier alpha value is -2.07. The van der Waals surface area contributed by atoms with E-state index in [0.717, 1.165) is 5.56 Å². The van der Waals surface area contributed by atoms with E-state index in [0.29, 0.717) is 12.2 Å². The molecular weight excluding hydrogens is 256 g/mol. The van der Waals surface area contributed by atoms with Crippen molar-refractivity contribution < 1.29 is 4.79 Å². The molecule has 0 saturated carbocycles. The summed E-state index contributed by atoms with van der Waals surface area (Å²) in [7, 11) is 0. The lowest BCUT2D eigenvalue weighted by Gasteiger charge is -2.06. The highest BCUT2D eigenvalue weighted by Gasteiger charge is 2.08. The van der Waals surface area contributed by atoms with E-state index in [9.17, 15) is 4.79 Å². The van der Waals surface area contributed by atoms with Crippen molar-refractivity contribution >= 4 is 16.6 Å². The van der Waals surface area contributed by atoms with E-state index in [1.165, 1.54) is 16.3 Å². The van der Waals surface area contributed by atoms with Gasteiger partial charge >= 0.3 is 0 Å². The van der Waals surface area contributed by atoms with Crippen LogP contribution < -0.4 is 0 Å². The summed E-state index contributed by atoms with van der Waals surface area (Å²) < 4.78 is 0. The lowest BCUT2D eigenvalue weighted by Crippen LogP contribution is -2.09. The fourth-order valence-corrected chi connectivity index (χ4v) is 1.93. The second kappa shape index (κ2) is 9.77. The molecule has 0 aromatic heterocycles. The molecule has 0 atom stereocenters. The third-order valence-corrected chi connectivity index (χ3v) is 3.08. The lowest BCUT2D eigenvalue weighted by molar-refractivity contribution is -0.121. The predicted molar refractivity (Wildman–Crippen MR) is 93.5 cm³/mol. The van der Waals surface area contributed by atoms with E-state index >= 15 is 0 Å². The standard InChI is InChI=1S/C16H18O.C2H6.C2H2/c1-11(2)16(17)10-13-5-7-14-8-12(3)4-6-15(14)9-13;2*1-2/h4-9,11H,10H2,1-3H3;1-2H3;1-2H. The average molecular weight is 282 g/mol. The summed E-state index contributed by atoms with van der Waals surface area (Å²) in [5.74, 6) is 0.417. The monoisotopic (exact) mass is 282 g/mol. The molecule has 21 heavy (non-hydrogen) atoms. The van der Waals surface area contributed by atoms with Gasteiger partial charge in [0.2, 0.25) is 0 Å². The van der Waals surface area contributed by atoms with E-state index in [4.69, 9.17) is 0 Å². The van der Waals surface area contributed by atoms with Crippen molar-refractivity contribution in [3.8, 4) is 12.8 Å². The van der Waals surface area contributed by atoms with Gasteiger partial charge in [-0.05, 0) is 23.3 Å². The Kier molecular flexibility index (Phi) is 8.81. The van der Waals surface area contributed by atoms with Gasteiger partial charge in [0.15, 0.2) is 0 Å². The highest BCUT2D eigenvalue weighted by molar-refractivity contribution is 5.87. The number of carbonyl (C=O) groups is 1. The molecule has 0 N–H and O–H groups in total. The van der Waals surface area contributed by atoms with Crippen LogP contribution in [0.2, 0.25) is 0 Å². The normalized spacial score (nSPS) is 9.33. The minimum absolute atomic E-state index is 0.115. The molecule has 0 heterocycles. The maximum atomic E-state index is 11.7. The molecule has 112 valence electrons. The quantitative estimate of drug-likeness (QED) is 0.708. The van der Waals surface area contributed by atoms with Gasteiger partial charge < -0.3 is 0 Å². The number of aryl methyl sites for hydroxylation is 1. The Morgan fingerprint density at radius 2 is 1.52 bits per heavy atom. The van der Waals surface area contributed by atoms with Gasteiger partial charge in [-0.2, -0.15) is 0 Å². The molecule has 0 amide bonds. The minimum Gasteiger partial charge on any atom is -0.299 e. The first-order chi connectivity index (χ1) is 10.1. The molecule has 0 radical (unpaired) electrons. The summed E-state index contributed by atoms with van der Waals surface area (Å²) in [4.78, 5) is 11.7. The van der Waals surface area contributed by atoms with Crippen LogP contribution in [-0.4, -0.2) is 5.78 Å². The first kappa shape index (κ1) is 18.9. The van der Waals surface area contributed by atoms with Gasteiger partial charge in [0, 0.05) is 12.3 Å². The van der Waals surface area contributed by atoms with Crippen LogP contribution >= 0.6 is 0 Å². The molecule has 0 bridgehead atoms. The minimum atomic E-state index is 0.115. The Balaban J connectivity index is 0.000000921. The van der Waals surface area contributed by atoms with Crippen LogP contribution in [-0.2, 0) is 11.2 Å². The van der Waals surface area contributed by atoms with E-state index in [1.54, 1.807) is 0 Å². The highest BCUT2D eigenvalue weighted by Crippen LogP contribution is 2.18. The Morgan fingerprint density at radius 3 is 2.10 bits per heavy atom. The maximum Gasteiger partial charge on any atom is 0.139 e. The zero-order valence-electron chi connectivity index (χ0n) is 13.8. The Bertz CT molecular complexity index is 591. The van der Waals surface area contributed by atoms with Crippen LogP contribution in [0.3, 0.4) is 0 Å². The molecular formula is C20H26O. The van der Waals surface area contributed by atoms with Crippen LogP contribution in [0.5, 0.6) is 0 Å². The second-order valence-corrected chi connectivity index (χ2v) is 4.98. The van der Waals surface area contributed by atoms with Gasteiger partial charge in [0.05, 0.1) is 0 Å². The van der Waals surface area contributed by atoms with Crippen molar-refractivity contribution in [3.05, 3.63) is 47.5 Å². The van der Waals surface area contributed by atoms with Gasteiger partial charge in [-0.3, -0.25) is 4.79 Å². The van der Waals surface area contributed by atoms with Gasteiger partial charge in [-0.25, -0.2) is 0 Å². The van der Waals surface area contributed by atoms with Gasteiger partial charge in [-0.15, -0.1) is 12.8 Å². The number of carbonyl (C=O) groups excluding carboxylic acids is 1. The molecule has 1 nitrogen and oxygen atoms in total. The first-order valence-electron chi connectivity index (χ1n) is 7.41. The summed E-state index contributed by atoms with van der Waals surface area (Å²) >= 11 is 0. The summed E-state index contributed by atoms with van der Waals surface area (Å²) in [5, 5.41) is 2.45. The van der Waals surface area contributed by atoms with Crippen LogP contribution in [0.15, 0.2) is 36.4 Å². The average Bonchev–Trinajstić information content (AvgIpc) is 2.51. The molecule has 2 aromatic carbocycles. The molecule has 0 aliphatic heterocycles. The molecule has 0 unspecified atom stereocenters. The Labute approximate surface area is 129 Å². The second-order valence-electron chi connectivity index (χ2n) is 4.98. The SMILES string of the molecule is C#C.CC.Cc1ccc2cc(CC(=O)C(C)C)ccc2c1. The van der Waals surface area contributed by atoms with Crippen molar-refractivity contribution in [1.82, 2.24) is 0 Å². The third kappa shape index (κ3) is 5.83. The van der Waals surface area contributed by atoms with Gasteiger partial charge in [0.25, 0.3) is 0 Å². The van der Waals surface area contributed by atoms with Crippen molar-refractivity contribution in [3.63, 3.8) is 0 Å². The van der Waals surface area contributed by atoms with Gasteiger partial charge in [-0.1, -0.05) is 69.7 Å². The van der Waals surface area contributed by atoms with Crippen LogP contribution in [0.1, 0.15) is 38.8 Å². The molecule has 0 aliphatic rings. The molecule has 2 rings (SSSR count). The molecule has 0 fully saturated rings.